The number of nitrogens with one attached hydrogen (secondary N) is 1. The molecule has 2 saturated carbocycles. The highest BCUT2D eigenvalue weighted by atomic mass is 19.1. The summed E-state index contributed by atoms with van der Waals surface area (Å²) in [6, 6.07) is 1.39. The predicted octanol–water partition coefficient (Wildman–Crippen LogP) is 1.79. The number of nitrogens with two attached hydrogens (primary N) is 1. The first kappa shape index (κ1) is 16.1. The average molecular weight is 358 g/mol. The van der Waals surface area contributed by atoms with Crippen LogP contribution < -0.4 is 21.9 Å². The second-order valence-electron chi connectivity index (χ2n) is 8.25. The highest BCUT2D eigenvalue weighted by molar-refractivity contribution is 5.87. The first-order chi connectivity index (χ1) is 12.4. The van der Waals surface area contributed by atoms with Crippen molar-refractivity contribution >= 4 is 16.6 Å². The summed E-state index contributed by atoms with van der Waals surface area (Å²) in [4.78, 5) is 29.0. The summed E-state index contributed by atoms with van der Waals surface area (Å²) in [5, 5.41) is 0.253. The van der Waals surface area contributed by atoms with E-state index in [0.29, 0.717) is 22.7 Å². The molecule has 5 rings (SSSR count). The zero-order valence-corrected chi connectivity index (χ0v) is 14.8. The van der Waals surface area contributed by atoms with Crippen LogP contribution in [0.2, 0.25) is 0 Å². The molecule has 1 atom stereocenters. The number of halogens is 1. The molecule has 1 aromatic heterocycles. The number of fused-ring (bicyclic) bond motifs is 1. The van der Waals surface area contributed by atoms with Crippen LogP contribution >= 0.6 is 0 Å². The molecule has 0 amide bonds. The molecule has 3 aliphatic rings. The van der Waals surface area contributed by atoms with Crippen LogP contribution in [-0.4, -0.2) is 28.2 Å². The van der Waals surface area contributed by atoms with Gasteiger partial charge in [0.25, 0.3) is 5.56 Å². The molecule has 3 fully saturated rings. The monoisotopic (exact) mass is 358 g/mol. The largest absolute Gasteiger partial charge is 0.369 e. The summed E-state index contributed by atoms with van der Waals surface area (Å²) < 4.78 is 16.6. The molecule has 0 unspecified atom stereocenters. The van der Waals surface area contributed by atoms with Gasteiger partial charge in [0.15, 0.2) is 0 Å². The van der Waals surface area contributed by atoms with Crippen LogP contribution in [0.3, 0.4) is 0 Å². The third-order valence-electron chi connectivity index (χ3n) is 6.44. The Morgan fingerprint density at radius 3 is 2.65 bits per heavy atom. The van der Waals surface area contributed by atoms with E-state index >= 15 is 0 Å². The van der Waals surface area contributed by atoms with Gasteiger partial charge in [-0.2, -0.15) is 0 Å². The second kappa shape index (κ2) is 5.19. The maximum absolute atomic E-state index is 15.0. The molecule has 2 heterocycles. The summed E-state index contributed by atoms with van der Waals surface area (Å²) in [5.41, 5.74) is 7.13. The highest BCUT2D eigenvalue weighted by Gasteiger charge is 2.48. The first-order valence-electron chi connectivity index (χ1n) is 9.40. The van der Waals surface area contributed by atoms with Gasteiger partial charge in [0.05, 0.1) is 16.6 Å². The molecule has 26 heavy (non-hydrogen) atoms. The molecule has 1 saturated heterocycles. The molecule has 0 bridgehead atoms. The van der Waals surface area contributed by atoms with E-state index in [2.05, 4.69) is 4.98 Å². The third-order valence-corrected chi connectivity index (χ3v) is 6.44. The van der Waals surface area contributed by atoms with E-state index in [9.17, 15) is 14.0 Å². The van der Waals surface area contributed by atoms with Crippen molar-refractivity contribution in [2.24, 2.45) is 11.7 Å². The van der Waals surface area contributed by atoms with Gasteiger partial charge in [-0.05, 0) is 51.0 Å². The normalized spacial score (nSPS) is 24.4. The molecule has 7 heteroatoms. The van der Waals surface area contributed by atoms with Crippen LogP contribution in [0, 0.1) is 18.7 Å². The standard InChI is InChI=1S/C19H23FN4O2/c1-10-15-13(17(25)22-18(26)24(15)12-2-3-12)8-14(20)16(10)23-7-4-11(9-23)19(21)5-6-19/h8,11-12H,2-7,9,21H2,1H3,(H,22,25,26)/t11-/m0/s1. The van der Waals surface area contributed by atoms with Gasteiger partial charge in [-0.1, -0.05) is 0 Å². The van der Waals surface area contributed by atoms with Gasteiger partial charge in [-0.25, -0.2) is 9.18 Å². The smallest absolute Gasteiger partial charge is 0.329 e. The number of aryl methyl sites for hydroxylation is 1. The van der Waals surface area contributed by atoms with Gasteiger partial charge in [0.1, 0.15) is 5.82 Å². The minimum absolute atomic E-state index is 0.0801. The number of benzene rings is 1. The number of nitrogens with zero attached hydrogens (tertiary/aromatic N) is 2. The van der Waals surface area contributed by atoms with Gasteiger partial charge in [0.2, 0.25) is 0 Å². The lowest BCUT2D eigenvalue weighted by Gasteiger charge is -2.25. The Balaban J connectivity index is 1.68. The van der Waals surface area contributed by atoms with Gasteiger partial charge < -0.3 is 10.6 Å². The predicted molar refractivity (Wildman–Crippen MR) is 98.3 cm³/mol. The number of hydrogen-bond acceptors (Lipinski definition) is 4. The zero-order valence-electron chi connectivity index (χ0n) is 14.8. The molecule has 1 aliphatic heterocycles. The molecule has 2 aromatic rings. The van der Waals surface area contributed by atoms with E-state index in [1.54, 1.807) is 4.57 Å². The quantitative estimate of drug-likeness (QED) is 0.876. The van der Waals surface area contributed by atoms with E-state index in [1.807, 2.05) is 11.8 Å². The Hall–Kier alpha value is -2.15. The van der Waals surface area contributed by atoms with Gasteiger partial charge in [-0.15, -0.1) is 0 Å². The summed E-state index contributed by atoms with van der Waals surface area (Å²) in [6.07, 6.45) is 4.87. The van der Waals surface area contributed by atoms with Crippen LogP contribution in [0.1, 0.15) is 43.7 Å². The van der Waals surface area contributed by atoms with Crippen molar-refractivity contribution in [3.05, 3.63) is 38.3 Å². The summed E-state index contributed by atoms with van der Waals surface area (Å²) in [6.45, 7) is 3.31. The molecule has 138 valence electrons. The van der Waals surface area contributed by atoms with Crippen molar-refractivity contribution in [3.8, 4) is 0 Å². The molecule has 0 spiro atoms. The van der Waals surface area contributed by atoms with E-state index < -0.39 is 17.1 Å². The van der Waals surface area contributed by atoms with E-state index in [0.717, 1.165) is 45.2 Å². The number of rotatable bonds is 3. The lowest BCUT2D eigenvalue weighted by molar-refractivity contribution is 0.442. The molecule has 3 N–H and O–H groups in total. The van der Waals surface area contributed by atoms with Gasteiger partial charge in [-0.3, -0.25) is 14.3 Å². The molecule has 6 nitrogen and oxygen atoms in total. The fourth-order valence-corrected chi connectivity index (χ4v) is 4.62. The minimum Gasteiger partial charge on any atom is -0.369 e. The van der Waals surface area contributed by atoms with Crippen molar-refractivity contribution < 1.29 is 4.39 Å². The number of aromatic amines is 1. The topological polar surface area (TPSA) is 84.1 Å². The van der Waals surface area contributed by atoms with Gasteiger partial charge >= 0.3 is 5.69 Å². The van der Waals surface area contributed by atoms with E-state index in [-0.39, 0.29) is 17.0 Å². The lowest BCUT2D eigenvalue weighted by Crippen LogP contribution is -2.35. The number of H-pyrrole nitrogens is 1. The van der Waals surface area contributed by atoms with Crippen molar-refractivity contribution in [3.63, 3.8) is 0 Å². The Morgan fingerprint density at radius 2 is 2.00 bits per heavy atom. The summed E-state index contributed by atoms with van der Waals surface area (Å²) in [7, 11) is 0. The number of anilines is 1. The lowest BCUT2D eigenvalue weighted by atomic mass is 9.97. The maximum Gasteiger partial charge on any atom is 0.329 e. The maximum atomic E-state index is 15.0. The Morgan fingerprint density at radius 1 is 1.27 bits per heavy atom. The van der Waals surface area contributed by atoms with Crippen molar-refractivity contribution in [1.82, 2.24) is 9.55 Å². The van der Waals surface area contributed by atoms with Crippen molar-refractivity contribution in [1.29, 1.82) is 0 Å². The zero-order chi connectivity index (χ0) is 18.2. The van der Waals surface area contributed by atoms with Gasteiger partial charge in [0, 0.05) is 30.2 Å². The van der Waals surface area contributed by atoms with Crippen LogP contribution in [0.5, 0.6) is 0 Å². The van der Waals surface area contributed by atoms with Crippen molar-refractivity contribution in [2.75, 3.05) is 18.0 Å². The molecule has 2 aliphatic carbocycles. The van der Waals surface area contributed by atoms with Crippen LogP contribution in [0.25, 0.3) is 10.9 Å². The Bertz CT molecular complexity index is 1030. The minimum atomic E-state index is -0.520. The molecular weight excluding hydrogens is 335 g/mol. The number of aromatic nitrogens is 2. The fourth-order valence-electron chi connectivity index (χ4n) is 4.62. The molecule has 1 aromatic carbocycles. The second-order valence-corrected chi connectivity index (χ2v) is 8.25. The fraction of sp³-hybridized carbons (Fsp3) is 0.579. The highest BCUT2D eigenvalue weighted by Crippen LogP contribution is 2.45. The first-order valence-corrected chi connectivity index (χ1v) is 9.40. The van der Waals surface area contributed by atoms with E-state index in [4.69, 9.17) is 5.73 Å². The molecular formula is C19H23FN4O2. The molecule has 0 radical (unpaired) electrons. The van der Waals surface area contributed by atoms with Crippen LogP contribution in [0.15, 0.2) is 15.7 Å². The summed E-state index contributed by atoms with van der Waals surface area (Å²) in [5.74, 6) is -0.0224. The third kappa shape index (κ3) is 2.26. The Labute approximate surface area is 149 Å². The van der Waals surface area contributed by atoms with E-state index in [1.165, 1.54) is 6.07 Å². The van der Waals surface area contributed by atoms with Crippen LogP contribution in [-0.2, 0) is 0 Å². The average Bonchev–Trinajstić information content (AvgIpc) is 3.50. The van der Waals surface area contributed by atoms with Crippen molar-refractivity contribution in [2.45, 2.75) is 50.6 Å². The summed E-state index contributed by atoms with van der Waals surface area (Å²) >= 11 is 0. The SMILES string of the molecule is Cc1c(N2CC[C@H](C3(N)CC3)C2)c(F)cc2c(=O)[nH]c(=O)n(C3CC3)c12. The number of hydrogen-bond donors (Lipinski definition) is 2. The Kier molecular flexibility index (Phi) is 3.20. The van der Waals surface area contributed by atoms with Crippen LogP contribution in [0.4, 0.5) is 10.1 Å².